The third kappa shape index (κ3) is 4.53. The minimum Gasteiger partial charge on any atom is -0.310 e. The Bertz CT molecular complexity index is 586. The van der Waals surface area contributed by atoms with E-state index in [-0.39, 0.29) is 11.9 Å². The van der Waals surface area contributed by atoms with Crippen LogP contribution in [0.5, 0.6) is 0 Å². The molecule has 112 valence electrons. The SMILES string of the molecule is CCCNC(Cc1ccc(Cl)cc1)c1cccc(F)c1Br. The second-order valence-corrected chi connectivity index (χ2v) is 6.21. The Balaban J connectivity index is 2.25. The molecule has 0 aliphatic heterocycles. The van der Waals surface area contributed by atoms with Gasteiger partial charge < -0.3 is 5.32 Å². The zero-order chi connectivity index (χ0) is 15.2. The maximum absolute atomic E-state index is 13.8. The van der Waals surface area contributed by atoms with E-state index in [0.717, 1.165) is 30.0 Å². The summed E-state index contributed by atoms with van der Waals surface area (Å²) >= 11 is 9.28. The van der Waals surface area contributed by atoms with Gasteiger partial charge in [0, 0.05) is 11.1 Å². The van der Waals surface area contributed by atoms with Crippen molar-refractivity contribution in [3.05, 3.63) is 68.9 Å². The molecule has 1 nitrogen and oxygen atoms in total. The average molecular weight is 371 g/mol. The quantitative estimate of drug-likeness (QED) is 0.705. The van der Waals surface area contributed by atoms with Crippen LogP contribution in [0.4, 0.5) is 4.39 Å². The van der Waals surface area contributed by atoms with Gasteiger partial charge in [-0.2, -0.15) is 0 Å². The fourth-order valence-electron chi connectivity index (χ4n) is 2.26. The van der Waals surface area contributed by atoms with E-state index in [1.807, 2.05) is 30.3 Å². The Morgan fingerprint density at radius 3 is 2.57 bits per heavy atom. The lowest BCUT2D eigenvalue weighted by Crippen LogP contribution is -2.24. The molecule has 1 N–H and O–H groups in total. The first kappa shape index (κ1) is 16.5. The third-order valence-electron chi connectivity index (χ3n) is 3.35. The summed E-state index contributed by atoms with van der Waals surface area (Å²) < 4.78 is 14.3. The van der Waals surface area contributed by atoms with E-state index in [0.29, 0.717) is 4.47 Å². The molecule has 2 aromatic carbocycles. The van der Waals surface area contributed by atoms with Gasteiger partial charge >= 0.3 is 0 Å². The predicted molar refractivity (Wildman–Crippen MR) is 90.3 cm³/mol. The molecule has 0 heterocycles. The lowest BCUT2D eigenvalue weighted by Gasteiger charge is -2.21. The molecule has 0 radical (unpaired) electrons. The summed E-state index contributed by atoms with van der Waals surface area (Å²) in [6.07, 6.45) is 1.82. The van der Waals surface area contributed by atoms with Crippen molar-refractivity contribution in [2.24, 2.45) is 0 Å². The molecule has 0 bridgehead atoms. The molecule has 0 fully saturated rings. The second-order valence-electron chi connectivity index (χ2n) is 4.98. The Kier molecular flexibility index (Phi) is 6.22. The van der Waals surface area contributed by atoms with E-state index in [9.17, 15) is 4.39 Å². The van der Waals surface area contributed by atoms with E-state index in [4.69, 9.17) is 11.6 Å². The Hall–Kier alpha value is -0.900. The molecule has 1 atom stereocenters. The fraction of sp³-hybridized carbons (Fsp3) is 0.294. The molecule has 0 aromatic heterocycles. The molecule has 1 unspecified atom stereocenters. The van der Waals surface area contributed by atoms with Gasteiger partial charge in [-0.05, 0) is 64.6 Å². The number of halogens is 3. The van der Waals surface area contributed by atoms with Crippen LogP contribution >= 0.6 is 27.5 Å². The number of nitrogens with one attached hydrogen (secondary N) is 1. The highest BCUT2D eigenvalue weighted by molar-refractivity contribution is 9.10. The lowest BCUT2D eigenvalue weighted by molar-refractivity contribution is 0.521. The van der Waals surface area contributed by atoms with Crippen LogP contribution in [-0.4, -0.2) is 6.54 Å². The van der Waals surface area contributed by atoms with Gasteiger partial charge in [0.15, 0.2) is 0 Å². The summed E-state index contributed by atoms with van der Waals surface area (Å²) in [7, 11) is 0. The van der Waals surface area contributed by atoms with E-state index in [1.54, 1.807) is 6.07 Å². The molecule has 2 rings (SSSR count). The molecule has 0 aliphatic rings. The van der Waals surface area contributed by atoms with Crippen molar-refractivity contribution < 1.29 is 4.39 Å². The first-order chi connectivity index (χ1) is 10.1. The molecule has 2 aromatic rings. The Morgan fingerprint density at radius 1 is 1.19 bits per heavy atom. The van der Waals surface area contributed by atoms with E-state index in [1.165, 1.54) is 11.6 Å². The van der Waals surface area contributed by atoms with Crippen LogP contribution < -0.4 is 5.32 Å². The van der Waals surface area contributed by atoms with Crippen LogP contribution in [0, 0.1) is 5.82 Å². The molecular weight excluding hydrogens is 353 g/mol. The van der Waals surface area contributed by atoms with Crippen molar-refractivity contribution in [1.29, 1.82) is 0 Å². The summed E-state index contributed by atoms with van der Waals surface area (Å²) in [6.45, 7) is 3.01. The molecule has 21 heavy (non-hydrogen) atoms. The fourth-order valence-corrected chi connectivity index (χ4v) is 2.92. The minimum absolute atomic E-state index is 0.0659. The molecular formula is C17H18BrClFN. The van der Waals surface area contributed by atoms with E-state index < -0.39 is 0 Å². The van der Waals surface area contributed by atoms with Crippen LogP contribution in [-0.2, 0) is 6.42 Å². The summed E-state index contributed by atoms with van der Waals surface area (Å²) in [5.41, 5.74) is 2.11. The number of hydrogen-bond acceptors (Lipinski definition) is 1. The van der Waals surface area contributed by atoms with Crippen molar-refractivity contribution >= 4 is 27.5 Å². The second kappa shape index (κ2) is 7.92. The molecule has 0 saturated heterocycles. The maximum atomic E-state index is 13.8. The van der Waals surface area contributed by atoms with Gasteiger partial charge in [0.25, 0.3) is 0 Å². The monoisotopic (exact) mass is 369 g/mol. The topological polar surface area (TPSA) is 12.0 Å². The van der Waals surface area contributed by atoms with Crippen LogP contribution in [0.25, 0.3) is 0 Å². The summed E-state index contributed by atoms with van der Waals surface area (Å²) in [4.78, 5) is 0. The Labute approximate surface area is 138 Å². The van der Waals surface area contributed by atoms with Crippen molar-refractivity contribution in [2.45, 2.75) is 25.8 Å². The zero-order valence-electron chi connectivity index (χ0n) is 11.9. The van der Waals surface area contributed by atoms with Gasteiger partial charge in [0.1, 0.15) is 5.82 Å². The van der Waals surface area contributed by atoms with Gasteiger partial charge in [0.05, 0.1) is 4.47 Å². The third-order valence-corrected chi connectivity index (χ3v) is 4.44. The van der Waals surface area contributed by atoms with Gasteiger partial charge in [0.2, 0.25) is 0 Å². The molecule has 0 saturated carbocycles. The first-order valence-corrected chi connectivity index (χ1v) is 8.20. The van der Waals surface area contributed by atoms with Crippen molar-refractivity contribution in [3.63, 3.8) is 0 Å². The largest absolute Gasteiger partial charge is 0.310 e. The molecule has 0 spiro atoms. The van der Waals surface area contributed by atoms with Gasteiger partial charge in [-0.25, -0.2) is 4.39 Å². The number of rotatable bonds is 6. The van der Waals surface area contributed by atoms with Crippen molar-refractivity contribution in [3.8, 4) is 0 Å². The van der Waals surface area contributed by atoms with Crippen LogP contribution in [0.15, 0.2) is 46.9 Å². The Morgan fingerprint density at radius 2 is 1.90 bits per heavy atom. The maximum Gasteiger partial charge on any atom is 0.137 e. The van der Waals surface area contributed by atoms with Crippen LogP contribution in [0.3, 0.4) is 0 Å². The summed E-state index contributed by atoms with van der Waals surface area (Å²) in [6, 6.07) is 13.0. The number of benzene rings is 2. The molecule has 0 aliphatic carbocycles. The van der Waals surface area contributed by atoms with Gasteiger partial charge in [-0.3, -0.25) is 0 Å². The normalized spacial score (nSPS) is 12.4. The molecule has 4 heteroatoms. The lowest BCUT2D eigenvalue weighted by atomic mass is 9.98. The smallest absolute Gasteiger partial charge is 0.137 e. The van der Waals surface area contributed by atoms with Gasteiger partial charge in [-0.1, -0.05) is 42.8 Å². The highest BCUT2D eigenvalue weighted by Gasteiger charge is 2.16. The summed E-state index contributed by atoms with van der Waals surface area (Å²) in [5.74, 6) is -0.230. The zero-order valence-corrected chi connectivity index (χ0v) is 14.2. The average Bonchev–Trinajstić information content (AvgIpc) is 2.48. The standard InChI is InChI=1S/C17H18BrClFN/c1-2-10-21-16(11-12-6-8-13(19)9-7-12)14-4-3-5-15(20)17(14)18/h3-9,16,21H,2,10-11H2,1H3. The highest BCUT2D eigenvalue weighted by atomic mass is 79.9. The van der Waals surface area contributed by atoms with E-state index >= 15 is 0 Å². The van der Waals surface area contributed by atoms with E-state index in [2.05, 4.69) is 28.2 Å². The van der Waals surface area contributed by atoms with Crippen molar-refractivity contribution in [2.75, 3.05) is 6.54 Å². The first-order valence-electron chi connectivity index (χ1n) is 7.03. The van der Waals surface area contributed by atoms with Crippen LogP contribution in [0.1, 0.15) is 30.5 Å². The predicted octanol–water partition coefficient (Wildman–Crippen LogP) is 5.53. The number of hydrogen-bond donors (Lipinski definition) is 1. The molecule has 0 amide bonds. The highest BCUT2D eigenvalue weighted by Crippen LogP contribution is 2.28. The minimum atomic E-state index is -0.230. The van der Waals surface area contributed by atoms with Crippen LogP contribution in [0.2, 0.25) is 5.02 Å². The van der Waals surface area contributed by atoms with Crippen molar-refractivity contribution in [1.82, 2.24) is 5.32 Å². The van der Waals surface area contributed by atoms with Gasteiger partial charge in [-0.15, -0.1) is 0 Å². The summed E-state index contributed by atoms with van der Waals surface area (Å²) in [5, 5.41) is 4.21.